The van der Waals surface area contributed by atoms with Crippen LogP contribution in [0.3, 0.4) is 0 Å². The van der Waals surface area contributed by atoms with Crippen LogP contribution in [0.5, 0.6) is 6.01 Å². The first-order valence-corrected chi connectivity index (χ1v) is 5.91. The van der Waals surface area contributed by atoms with Gasteiger partial charge in [-0.15, -0.1) is 4.98 Å². The number of H-pyrrole nitrogens is 1. The van der Waals surface area contributed by atoms with Crippen molar-refractivity contribution in [1.29, 1.82) is 0 Å². The highest BCUT2D eigenvalue weighted by Crippen LogP contribution is 2.26. The number of aryl methyl sites for hydroxylation is 2. The van der Waals surface area contributed by atoms with Gasteiger partial charge in [0.05, 0.1) is 7.11 Å². The average molecular weight is 243 g/mol. The van der Waals surface area contributed by atoms with Gasteiger partial charge in [-0.2, -0.15) is 4.98 Å². The highest BCUT2D eigenvalue weighted by molar-refractivity contribution is 5.58. The Hall–Kier alpha value is -2.17. The minimum atomic E-state index is -0.447. The molecule has 18 heavy (non-hydrogen) atoms. The lowest BCUT2D eigenvalue weighted by atomic mass is 10.1. The van der Waals surface area contributed by atoms with E-state index in [-0.39, 0.29) is 6.01 Å². The lowest BCUT2D eigenvalue weighted by molar-refractivity contribution is 0.377. The van der Waals surface area contributed by atoms with Crippen molar-refractivity contribution in [2.24, 2.45) is 0 Å². The third-order valence-corrected chi connectivity index (χ3v) is 3.18. The summed E-state index contributed by atoms with van der Waals surface area (Å²) < 4.78 is 4.91. The Balaban J connectivity index is 2.09. The predicted octanol–water partition coefficient (Wildman–Crippen LogP) is 1.33. The van der Waals surface area contributed by atoms with E-state index in [0.717, 1.165) is 18.4 Å². The number of benzene rings is 1. The van der Waals surface area contributed by atoms with E-state index >= 15 is 0 Å². The topological polar surface area (TPSA) is 67.9 Å². The third kappa shape index (κ3) is 1.88. The van der Waals surface area contributed by atoms with Crippen LogP contribution < -0.4 is 10.4 Å². The molecule has 1 aromatic carbocycles. The molecule has 0 atom stereocenters. The molecule has 0 saturated heterocycles. The summed E-state index contributed by atoms with van der Waals surface area (Å²) in [5.41, 5.74) is 3.18. The molecule has 0 unspecified atom stereocenters. The molecule has 3 rings (SSSR count). The van der Waals surface area contributed by atoms with Crippen LogP contribution in [0.1, 0.15) is 17.5 Å². The number of methoxy groups -OCH3 is 1. The summed E-state index contributed by atoms with van der Waals surface area (Å²) in [4.78, 5) is 21.8. The van der Waals surface area contributed by atoms with Crippen molar-refractivity contribution in [2.45, 2.75) is 19.3 Å². The van der Waals surface area contributed by atoms with E-state index in [1.807, 2.05) is 6.07 Å². The molecule has 0 saturated carbocycles. The maximum Gasteiger partial charge on any atom is 0.351 e. The molecule has 1 aliphatic carbocycles. The molecule has 0 fully saturated rings. The van der Waals surface area contributed by atoms with Crippen molar-refractivity contribution < 1.29 is 4.74 Å². The Kier molecular flexibility index (Phi) is 2.59. The number of nitrogens with zero attached hydrogens (tertiary/aromatic N) is 2. The number of aromatic nitrogens is 3. The number of ether oxygens (including phenoxy) is 1. The van der Waals surface area contributed by atoms with Crippen molar-refractivity contribution in [3.8, 4) is 17.4 Å². The lowest BCUT2D eigenvalue weighted by Crippen LogP contribution is -2.14. The second-order valence-electron chi connectivity index (χ2n) is 4.33. The van der Waals surface area contributed by atoms with Crippen LogP contribution in [0.25, 0.3) is 11.4 Å². The lowest BCUT2D eigenvalue weighted by Gasteiger charge is -2.05. The monoisotopic (exact) mass is 243 g/mol. The summed E-state index contributed by atoms with van der Waals surface area (Å²) >= 11 is 0. The summed E-state index contributed by atoms with van der Waals surface area (Å²) in [6.07, 6.45) is 3.43. The van der Waals surface area contributed by atoms with Crippen LogP contribution in [0.15, 0.2) is 23.0 Å². The summed E-state index contributed by atoms with van der Waals surface area (Å²) in [6.45, 7) is 0. The predicted molar refractivity (Wildman–Crippen MR) is 66.7 cm³/mol. The standard InChI is InChI=1S/C13H13N3O2/c1-18-13-15-11(14-12(17)16-13)10-6-5-8-3-2-4-9(8)7-10/h5-7H,2-4H2,1H3,(H,14,15,16,17). The molecular formula is C13H13N3O2. The van der Waals surface area contributed by atoms with Crippen LogP contribution in [0.4, 0.5) is 0 Å². The number of fused-ring (bicyclic) bond motifs is 1. The minimum absolute atomic E-state index is 0.0919. The van der Waals surface area contributed by atoms with Gasteiger partial charge in [0, 0.05) is 5.56 Å². The zero-order valence-corrected chi connectivity index (χ0v) is 10.1. The Morgan fingerprint density at radius 3 is 2.89 bits per heavy atom. The van der Waals surface area contributed by atoms with Gasteiger partial charge in [-0.25, -0.2) is 4.79 Å². The summed E-state index contributed by atoms with van der Waals surface area (Å²) in [7, 11) is 1.45. The third-order valence-electron chi connectivity index (χ3n) is 3.18. The Labute approximate surface area is 104 Å². The van der Waals surface area contributed by atoms with Gasteiger partial charge in [0.25, 0.3) is 0 Å². The van der Waals surface area contributed by atoms with E-state index in [1.165, 1.54) is 24.7 Å². The van der Waals surface area contributed by atoms with E-state index in [4.69, 9.17) is 4.74 Å². The number of hydrogen-bond donors (Lipinski definition) is 1. The molecule has 0 amide bonds. The smallest absolute Gasteiger partial charge is 0.351 e. The number of rotatable bonds is 2. The molecule has 1 heterocycles. The Morgan fingerprint density at radius 2 is 2.06 bits per heavy atom. The van der Waals surface area contributed by atoms with Gasteiger partial charge in [0.15, 0.2) is 0 Å². The molecule has 0 radical (unpaired) electrons. The van der Waals surface area contributed by atoms with Crippen LogP contribution in [-0.2, 0) is 12.8 Å². The number of hydrogen-bond acceptors (Lipinski definition) is 4. The SMILES string of the molecule is COc1nc(-c2ccc3c(c2)CCC3)[nH]c(=O)n1. The number of nitrogens with one attached hydrogen (secondary N) is 1. The van der Waals surface area contributed by atoms with Crippen LogP contribution in [-0.4, -0.2) is 22.1 Å². The molecule has 0 bridgehead atoms. The largest absolute Gasteiger partial charge is 0.467 e. The average Bonchev–Trinajstić information content (AvgIpc) is 2.85. The van der Waals surface area contributed by atoms with E-state index in [2.05, 4.69) is 27.1 Å². The van der Waals surface area contributed by atoms with Gasteiger partial charge < -0.3 is 4.74 Å². The Bertz CT molecular complexity index is 649. The molecular weight excluding hydrogens is 230 g/mol. The number of aromatic amines is 1. The maximum absolute atomic E-state index is 11.4. The Morgan fingerprint density at radius 1 is 1.22 bits per heavy atom. The van der Waals surface area contributed by atoms with E-state index in [9.17, 15) is 4.79 Å². The fraction of sp³-hybridized carbons (Fsp3) is 0.308. The van der Waals surface area contributed by atoms with Crippen LogP contribution in [0, 0.1) is 0 Å². The van der Waals surface area contributed by atoms with Gasteiger partial charge in [-0.1, -0.05) is 12.1 Å². The quantitative estimate of drug-likeness (QED) is 0.864. The van der Waals surface area contributed by atoms with Gasteiger partial charge in [0.1, 0.15) is 5.82 Å². The first kappa shape index (κ1) is 11.0. The molecule has 92 valence electrons. The van der Waals surface area contributed by atoms with Crippen molar-refractivity contribution in [1.82, 2.24) is 15.0 Å². The molecule has 0 aliphatic heterocycles. The second kappa shape index (κ2) is 4.25. The second-order valence-corrected chi connectivity index (χ2v) is 4.33. The van der Waals surface area contributed by atoms with E-state index in [0.29, 0.717) is 5.82 Å². The zero-order chi connectivity index (χ0) is 12.5. The van der Waals surface area contributed by atoms with Gasteiger partial charge >= 0.3 is 11.7 Å². The summed E-state index contributed by atoms with van der Waals surface area (Å²) in [5, 5.41) is 0. The molecule has 2 aromatic rings. The molecule has 5 heteroatoms. The van der Waals surface area contributed by atoms with Crippen molar-refractivity contribution >= 4 is 0 Å². The molecule has 1 N–H and O–H groups in total. The van der Waals surface area contributed by atoms with Crippen LogP contribution in [0.2, 0.25) is 0 Å². The van der Waals surface area contributed by atoms with Crippen LogP contribution >= 0.6 is 0 Å². The maximum atomic E-state index is 11.4. The molecule has 1 aromatic heterocycles. The van der Waals surface area contributed by atoms with E-state index in [1.54, 1.807) is 0 Å². The fourth-order valence-electron chi connectivity index (χ4n) is 2.31. The van der Waals surface area contributed by atoms with Crippen molar-refractivity contribution in [3.05, 3.63) is 39.8 Å². The summed E-state index contributed by atoms with van der Waals surface area (Å²) in [6, 6.07) is 6.25. The van der Waals surface area contributed by atoms with Crippen molar-refractivity contribution in [3.63, 3.8) is 0 Å². The van der Waals surface area contributed by atoms with Crippen molar-refractivity contribution in [2.75, 3.05) is 7.11 Å². The summed E-state index contributed by atoms with van der Waals surface area (Å²) in [5.74, 6) is 0.501. The van der Waals surface area contributed by atoms with Gasteiger partial charge in [-0.3, -0.25) is 4.98 Å². The normalized spacial score (nSPS) is 13.4. The molecule has 1 aliphatic rings. The minimum Gasteiger partial charge on any atom is -0.467 e. The van der Waals surface area contributed by atoms with Gasteiger partial charge in [0.2, 0.25) is 0 Å². The molecule has 5 nitrogen and oxygen atoms in total. The highest BCUT2D eigenvalue weighted by atomic mass is 16.5. The first-order chi connectivity index (χ1) is 8.76. The fourth-order valence-corrected chi connectivity index (χ4v) is 2.31. The highest BCUT2D eigenvalue weighted by Gasteiger charge is 2.13. The molecule has 0 spiro atoms. The van der Waals surface area contributed by atoms with Gasteiger partial charge in [-0.05, 0) is 36.5 Å². The van der Waals surface area contributed by atoms with E-state index < -0.39 is 5.69 Å². The zero-order valence-electron chi connectivity index (χ0n) is 10.1. The first-order valence-electron chi connectivity index (χ1n) is 5.91.